The van der Waals surface area contributed by atoms with Crippen LogP contribution in [0.3, 0.4) is 0 Å². The molecule has 0 spiro atoms. The molecule has 2 aromatic rings. The molecule has 8 heteroatoms. The third-order valence-corrected chi connectivity index (χ3v) is 4.21. The molecule has 0 aliphatic carbocycles. The molecule has 2 N–H and O–H groups in total. The number of benzene rings is 2. The normalized spacial score (nSPS) is 15.2. The number of aromatic hydroxyl groups is 1. The molecule has 1 aliphatic heterocycles. The van der Waals surface area contributed by atoms with Crippen molar-refractivity contribution in [2.45, 2.75) is 4.90 Å². The summed E-state index contributed by atoms with van der Waals surface area (Å²) in [4.78, 5) is 23.0. The van der Waals surface area contributed by atoms with Crippen molar-refractivity contribution in [1.82, 2.24) is 0 Å². The predicted octanol–water partition coefficient (Wildman–Crippen LogP) is 3.52. The smallest absolute Gasteiger partial charge is 0.311 e. The number of amides is 1. The lowest BCUT2D eigenvalue weighted by molar-refractivity contribution is -0.385. The number of thioether (sulfide) groups is 1. The number of nitro groups is 1. The topological polar surface area (TPSA) is 92.5 Å². The van der Waals surface area contributed by atoms with Crippen molar-refractivity contribution in [2.24, 2.45) is 0 Å². The number of carbonyl (C=O) groups excluding carboxylic acids is 1. The fourth-order valence-electron chi connectivity index (χ4n) is 2.06. The molecule has 1 amide bonds. The fraction of sp³-hybridized carbons (Fsp3) is 0. The molecule has 0 bridgehead atoms. The van der Waals surface area contributed by atoms with Crippen molar-refractivity contribution < 1.29 is 19.2 Å². The SMILES string of the molecule is O=C1Nc2ccc(F)cc2SC1=Cc1ccc(O)c([N+](=O)[O-])c1. The third kappa shape index (κ3) is 3.02. The van der Waals surface area contributed by atoms with Gasteiger partial charge in [-0.25, -0.2) is 4.39 Å². The van der Waals surface area contributed by atoms with Crippen LogP contribution in [0.15, 0.2) is 46.2 Å². The molecule has 0 aromatic heterocycles. The molecule has 2 aromatic carbocycles. The summed E-state index contributed by atoms with van der Waals surface area (Å²) in [5, 5.41) is 22.9. The molecule has 0 fully saturated rings. The number of carbonyl (C=O) groups is 1. The summed E-state index contributed by atoms with van der Waals surface area (Å²) in [5.74, 6) is -1.26. The molecule has 1 aliphatic rings. The van der Waals surface area contributed by atoms with Gasteiger partial charge < -0.3 is 10.4 Å². The first kappa shape index (κ1) is 15.0. The van der Waals surface area contributed by atoms with E-state index < -0.39 is 22.2 Å². The zero-order valence-electron chi connectivity index (χ0n) is 11.4. The van der Waals surface area contributed by atoms with E-state index in [0.717, 1.165) is 17.8 Å². The van der Waals surface area contributed by atoms with E-state index >= 15 is 0 Å². The number of nitrogens with zero attached hydrogens (tertiary/aromatic N) is 1. The van der Waals surface area contributed by atoms with Gasteiger partial charge in [0.2, 0.25) is 0 Å². The molecular formula is C15H9FN2O4S. The summed E-state index contributed by atoms with van der Waals surface area (Å²) in [6.45, 7) is 0. The summed E-state index contributed by atoms with van der Waals surface area (Å²) in [6.07, 6.45) is 1.44. The van der Waals surface area contributed by atoms with Crippen LogP contribution in [-0.2, 0) is 4.79 Å². The van der Waals surface area contributed by atoms with E-state index in [1.54, 1.807) is 0 Å². The number of halogens is 1. The highest BCUT2D eigenvalue weighted by molar-refractivity contribution is 8.04. The van der Waals surface area contributed by atoms with Crippen LogP contribution in [0.25, 0.3) is 6.08 Å². The first-order valence-electron chi connectivity index (χ1n) is 6.42. The van der Waals surface area contributed by atoms with Gasteiger partial charge in [0.15, 0.2) is 5.75 Å². The minimum absolute atomic E-state index is 0.267. The van der Waals surface area contributed by atoms with Gasteiger partial charge in [-0.2, -0.15) is 0 Å². The van der Waals surface area contributed by atoms with Crippen molar-refractivity contribution in [3.8, 4) is 5.75 Å². The van der Waals surface area contributed by atoms with E-state index in [4.69, 9.17) is 0 Å². The van der Waals surface area contributed by atoms with Crippen LogP contribution in [0.2, 0.25) is 0 Å². The zero-order valence-corrected chi connectivity index (χ0v) is 12.3. The Balaban J connectivity index is 1.98. The van der Waals surface area contributed by atoms with Crippen LogP contribution in [-0.4, -0.2) is 15.9 Å². The van der Waals surface area contributed by atoms with Gasteiger partial charge >= 0.3 is 5.69 Å². The molecule has 0 saturated carbocycles. The number of anilines is 1. The molecule has 0 unspecified atom stereocenters. The van der Waals surface area contributed by atoms with Crippen LogP contribution in [0.5, 0.6) is 5.75 Å². The van der Waals surface area contributed by atoms with Gasteiger partial charge in [-0.1, -0.05) is 17.8 Å². The average Bonchev–Trinajstić information content (AvgIpc) is 2.50. The summed E-state index contributed by atoms with van der Waals surface area (Å²) in [7, 11) is 0. The first-order chi connectivity index (χ1) is 10.9. The summed E-state index contributed by atoms with van der Waals surface area (Å²) < 4.78 is 13.3. The number of hydrogen-bond acceptors (Lipinski definition) is 5. The number of rotatable bonds is 2. The lowest BCUT2D eigenvalue weighted by Gasteiger charge is -2.18. The van der Waals surface area contributed by atoms with Crippen molar-refractivity contribution >= 4 is 35.1 Å². The number of fused-ring (bicyclic) bond motifs is 1. The van der Waals surface area contributed by atoms with Crippen molar-refractivity contribution in [2.75, 3.05) is 5.32 Å². The van der Waals surface area contributed by atoms with Gasteiger partial charge in [-0.05, 0) is 35.9 Å². The first-order valence-corrected chi connectivity index (χ1v) is 7.23. The highest BCUT2D eigenvalue weighted by Gasteiger charge is 2.22. The van der Waals surface area contributed by atoms with E-state index in [1.165, 1.54) is 36.4 Å². The second-order valence-corrected chi connectivity index (χ2v) is 5.79. The van der Waals surface area contributed by atoms with Gasteiger partial charge in [-0.15, -0.1) is 0 Å². The maximum absolute atomic E-state index is 13.3. The van der Waals surface area contributed by atoms with Gasteiger partial charge in [0.05, 0.1) is 15.5 Å². The number of phenols is 1. The maximum Gasteiger partial charge on any atom is 0.311 e. The van der Waals surface area contributed by atoms with Gasteiger partial charge in [0.1, 0.15) is 5.82 Å². The predicted molar refractivity (Wildman–Crippen MR) is 83.6 cm³/mol. The number of phenolic OH excluding ortho intramolecular Hbond substituents is 1. The minimum atomic E-state index is -0.712. The van der Waals surface area contributed by atoms with Crippen LogP contribution in [0, 0.1) is 15.9 Å². The lowest BCUT2D eigenvalue weighted by atomic mass is 10.1. The molecule has 0 saturated heterocycles. The van der Waals surface area contributed by atoms with Crippen molar-refractivity contribution in [3.05, 3.63) is 62.8 Å². The molecule has 0 radical (unpaired) electrons. The Hall–Kier alpha value is -2.87. The Labute approximate surface area is 133 Å². The number of hydrogen-bond donors (Lipinski definition) is 2. The third-order valence-electron chi connectivity index (χ3n) is 3.13. The molecule has 0 atom stereocenters. The van der Waals surface area contributed by atoms with Crippen LogP contribution in [0.1, 0.15) is 5.56 Å². The van der Waals surface area contributed by atoms with E-state index in [1.807, 2.05) is 0 Å². The second-order valence-electron chi connectivity index (χ2n) is 4.71. The van der Waals surface area contributed by atoms with E-state index in [-0.39, 0.29) is 10.8 Å². The Morgan fingerprint density at radius 3 is 2.78 bits per heavy atom. The highest BCUT2D eigenvalue weighted by Crippen LogP contribution is 2.39. The number of nitrogens with one attached hydrogen (secondary N) is 1. The number of nitro benzene ring substituents is 1. The maximum atomic E-state index is 13.3. The Morgan fingerprint density at radius 2 is 2.04 bits per heavy atom. The quantitative estimate of drug-likeness (QED) is 0.499. The molecule has 3 rings (SSSR count). The average molecular weight is 332 g/mol. The van der Waals surface area contributed by atoms with Crippen LogP contribution in [0.4, 0.5) is 15.8 Å². The van der Waals surface area contributed by atoms with Gasteiger partial charge in [0, 0.05) is 11.0 Å². The zero-order chi connectivity index (χ0) is 16.6. The molecule has 23 heavy (non-hydrogen) atoms. The van der Waals surface area contributed by atoms with Gasteiger partial charge in [0.25, 0.3) is 5.91 Å². The van der Waals surface area contributed by atoms with E-state index in [2.05, 4.69) is 5.32 Å². The standard InChI is InChI=1S/C15H9FN2O4S/c16-9-2-3-10-13(7-9)23-14(15(20)17-10)6-8-1-4-12(19)11(5-8)18(21)22/h1-7,19H,(H,17,20). The summed E-state index contributed by atoms with van der Waals surface area (Å²) in [6, 6.07) is 7.81. The minimum Gasteiger partial charge on any atom is -0.502 e. The van der Waals surface area contributed by atoms with Crippen LogP contribution >= 0.6 is 11.8 Å². The Bertz CT molecular complexity index is 867. The monoisotopic (exact) mass is 332 g/mol. The van der Waals surface area contributed by atoms with Gasteiger partial charge in [-0.3, -0.25) is 14.9 Å². The van der Waals surface area contributed by atoms with E-state index in [0.29, 0.717) is 16.1 Å². The second kappa shape index (κ2) is 5.73. The lowest BCUT2D eigenvalue weighted by Crippen LogP contribution is -2.17. The Morgan fingerprint density at radius 1 is 1.26 bits per heavy atom. The molecule has 6 nitrogen and oxygen atoms in total. The molecule has 1 heterocycles. The Kier molecular flexibility index (Phi) is 3.75. The van der Waals surface area contributed by atoms with Crippen molar-refractivity contribution in [3.63, 3.8) is 0 Å². The summed E-state index contributed by atoms with van der Waals surface area (Å²) >= 11 is 1.07. The van der Waals surface area contributed by atoms with E-state index in [9.17, 15) is 24.4 Å². The van der Waals surface area contributed by atoms with Crippen molar-refractivity contribution in [1.29, 1.82) is 0 Å². The highest BCUT2D eigenvalue weighted by atomic mass is 32.2. The summed E-state index contributed by atoms with van der Waals surface area (Å²) in [5.41, 5.74) is 0.439. The van der Waals surface area contributed by atoms with Crippen LogP contribution < -0.4 is 5.32 Å². The molecule has 116 valence electrons. The molecular weight excluding hydrogens is 323 g/mol. The fourth-order valence-corrected chi connectivity index (χ4v) is 3.03. The largest absolute Gasteiger partial charge is 0.502 e.